The fourth-order valence-corrected chi connectivity index (χ4v) is 5.45. The highest BCUT2D eigenvalue weighted by molar-refractivity contribution is 6.28. The summed E-state index contributed by atoms with van der Waals surface area (Å²) in [5.74, 6) is 1.14. The van der Waals surface area contributed by atoms with Crippen LogP contribution in [0.25, 0.3) is 11.2 Å². The van der Waals surface area contributed by atoms with Gasteiger partial charge in [-0.2, -0.15) is 14.8 Å². The number of halogens is 1. The Kier molecular flexibility index (Phi) is 6.94. The number of nitrogens with zero attached hydrogens (tertiary/aromatic N) is 8. The van der Waals surface area contributed by atoms with Crippen molar-refractivity contribution in [2.75, 3.05) is 11.9 Å². The Morgan fingerprint density at radius 2 is 1.64 bits per heavy atom. The number of fused-ring (bicyclic) bond motifs is 1. The lowest BCUT2D eigenvalue weighted by molar-refractivity contribution is 0.00473. The van der Waals surface area contributed by atoms with E-state index in [9.17, 15) is 10.2 Å². The maximum atomic E-state index is 11.0. The van der Waals surface area contributed by atoms with Crippen molar-refractivity contribution >= 4 is 28.6 Å². The standard InChI is InChI=1S/C27H28ClN9O2/c1-2-21-33-35-37(34-21)20-13-19(23(38)24(20)39)36-15-30-22-25(31-27(28)32-26(22)36)29-14-18(16-9-5-3-6-10-16)17-11-7-4-8-12-17/h3-12,15,18-20,23-24,38-39H,2,13-14H2,1H3,(H,29,31,32). The SMILES string of the molecule is CCc1nnn(C2CC(n3cnc4c(NCC(c5ccccc5)c5ccccc5)nc(Cl)nc43)C(O)C2O)n1. The molecule has 5 aromatic rings. The van der Waals surface area contributed by atoms with E-state index in [0.29, 0.717) is 42.2 Å². The monoisotopic (exact) mass is 545 g/mol. The second kappa shape index (κ2) is 10.7. The Balaban J connectivity index is 1.30. The summed E-state index contributed by atoms with van der Waals surface area (Å²) in [5, 5.41) is 37.7. The summed E-state index contributed by atoms with van der Waals surface area (Å²) in [7, 11) is 0. The van der Waals surface area contributed by atoms with Crippen LogP contribution in [-0.4, -0.2) is 68.7 Å². The van der Waals surface area contributed by atoms with E-state index < -0.39 is 24.3 Å². The van der Waals surface area contributed by atoms with Gasteiger partial charge in [-0.05, 0) is 34.4 Å². The van der Waals surface area contributed by atoms with Crippen LogP contribution in [0.1, 0.15) is 48.3 Å². The molecule has 39 heavy (non-hydrogen) atoms. The topological polar surface area (TPSA) is 140 Å². The molecule has 1 aliphatic carbocycles. The van der Waals surface area contributed by atoms with Gasteiger partial charge in [0.25, 0.3) is 0 Å². The van der Waals surface area contributed by atoms with Crippen molar-refractivity contribution < 1.29 is 10.2 Å². The van der Waals surface area contributed by atoms with Crippen LogP contribution in [0.15, 0.2) is 67.0 Å². The number of aliphatic hydroxyl groups excluding tert-OH is 2. The second-order valence-corrected chi connectivity index (χ2v) is 9.99. The van der Waals surface area contributed by atoms with Crippen molar-refractivity contribution in [2.24, 2.45) is 0 Å². The molecule has 0 bridgehead atoms. The molecule has 1 fully saturated rings. The van der Waals surface area contributed by atoms with Crippen LogP contribution in [0.2, 0.25) is 5.28 Å². The first-order valence-corrected chi connectivity index (χ1v) is 13.3. The number of aromatic nitrogens is 8. The summed E-state index contributed by atoms with van der Waals surface area (Å²) in [6.07, 6.45) is 0.415. The first-order chi connectivity index (χ1) is 19.0. The third kappa shape index (κ3) is 4.84. The number of aliphatic hydroxyl groups is 2. The fourth-order valence-electron chi connectivity index (χ4n) is 5.28. The quantitative estimate of drug-likeness (QED) is 0.251. The highest BCUT2D eigenvalue weighted by Gasteiger charge is 2.45. The predicted octanol–water partition coefficient (Wildman–Crippen LogP) is 3.18. The Hall–Kier alpha value is -3.93. The van der Waals surface area contributed by atoms with Crippen molar-refractivity contribution in [3.8, 4) is 0 Å². The molecular weight excluding hydrogens is 518 g/mol. The van der Waals surface area contributed by atoms with Crippen LogP contribution in [0.3, 0.4) is 0 Å². The van der Waals surface area contributed by atoms with E-state index in [1.165, 1.54) is 15.9 Å². The largest absolute Gasteiger partial charge is 0.388 e. The van der Waals surface area contributed by atoms with Crippen LogP contribution in [0.5, 0.6) is 0 Å². The zero-order valence-electron chi connectivity index (χ0n) is 21.2. The van der Waals surface area contributed by atoms with Gasteiger partial charge in [0.05, 0.1) is 12.4 Å². The van der Waals surface area contributed by atoms with Gasteiger partial charge < -0.3 is 20.1 Å². The Labute approximate surface area is 229 Å². The zero-order valence-corrected chi connectivity index (χ0v) is 22.0. The number of tetrazole rings is 1. The number of hydrogen-bond acceptors (Lipinski definition) is 9. The van der Waals surface area contributed by atoms with Crippen molar-refractivity contribution in [3.63, 3.8) is 0 Å². The number of imidazole rings is 1. The fraction of sp³-hybridized carbons (Fsp3) is 0.333. The molecule has 0 saturated heterocycles. The predicted molar refractivity (Wildman–Crippen MR) is 145 cm³/mol. The summed E-state index contributed by atoms with van der Waals surface area (Å²) in [6.45, 7) is 2.48. The Morgan fingerprint density at radius 3 is 2.28 bits per heavy atom. The first-order valence-electron chi connectivity index (χ1n) is 12.9. The first kappa shape index (κ1) is 25.4. The Bertz CT molecular complexity index is 1520. The smallest absolute Gasteiger partial charge is 0.226 e. The number of nitrogens with one attached hydrogen (secondary N) is 1. The molecule has 4 atom stereocenters. The molecule has 6 rings (SSSR count). The van der Waals surface area contributed by atoms with Crippen LogP contribution >= 0.6 is 11.6 Å². The maximum Gasteiger partial charge on any atom is 0.226 e. The summed E-state index contributed by atoms with van der Waals surface area (Å²) in [6, 6.07) is 19.5. The molecule has 3 N–H and O–H groups in total. The summed E-state index contributed by atoms with van der Waals surface area (Å²) in [4.78, 5) is 14.8. The zero-order chi connectivity index (χ0) is 26.9. The minimum atomic E-state index is -1.09. The number of aryl methyl sites for hydroxylation is 1. The second-order valence-electron chi connectivity index (χ2n) is 9.65. The molecule has 0 amide bonds. The van der Waals surface area contributed by atoms with Crippen LogP contribution in [-0.2, 0) is 6.42 Å². The van der Waals surface area contributed by atoms with E-state index in [1.807, 2.05) is 43.3 Å². The highest BCUT2D eigenvalue weighted by Crippen LogP contribution is 2.39. The lowest BCUT2D eigenvalue weighted by Gasteiger charge is -2.20. The average molecular weight is 546 g/mol. The molecule has 11 nitrogen and oxygen atoms in total. The minimum Gasteiger partial charge on any atom is -0.388 e. The summed E-state index contributed by atoms with van der Waals surface area (Å²) >= 11 is 6.37. The number of anilines is 1. The van der Waals surface area contributed by atoms with E-state index in [-0.39, 0.29) is 11.2 Å². The normalized spacial score (nSPS) is 21.2. The molecule has 4 unspecified atom stereocenters. The summed E-state index contributed by atoms with van der Waals surface area (Å²) in [5.41, 5.74) is 3.32. The lowest BCUT2D eigenvalue weighted by Crippen LogP contribution is -2.31. The van der Waals surface area contributed by atoms with Gasteiger partial charge in [0.1, 0.15) is 18.2 Å². The van der Waals surface area contributed by atoms with Crippen molar-refractivity contribution in [3.05, 3.63) is 89.2 Å². The van der Waals surface area contributed by atoms with Gasteiger partial charge >= 0.3 is 0 Å². The van der Waals surface area contributed by atoms with Crippen molar-refractivity contribution in [2.45, 2.75) is 50.0 Å². The third-order valence-corrected chi connectivity index (χ3v) is 7.50. The van der Waals surface area contributed by atoms with Gasteiger partial charge in [-0.1, -0.05) is 67.6 Å². The van der Waals surface area contributed by atoms with E-state index in [2.05, 4.69) is 59.9 Å². The molecule has 3 aromatic heterocycles. The highest BCUT2D eigenvalue weighted by atomic mass is 35.5. The van der Waals surface area contributed by atoms with E-state index in [4.69, 9.17) is 11.6 Å². The molecule has 1 aliphatic rings. The minimum absolute atomic E-state index is 0.0536. The van der Waals surface area contributed by atoms with Gasteiger partial charge in [0.15, 0.2) is 22.8 Å². The van der Waals surface area contributed by atoms with Gasteiger partial charge in [-0.25, -0.2) is 4.98 Å². The summed E-state index contributed by atoms with van der Waals surface area (Å²) < 4.78 is 1.74. The van der Waals surface area contributed by atoms with Gasteiger partial charge in [-0.3, -0.25) is 0 Å². The van der Waals surface area contributed by atoms with Gasteiger partial charge in [0.2, 0.25) is 5.28 Å². The molecular formula is C27H28ClN9O2. The van der Waals surface area contributed by atoms with Gasteiger partial charge in [-0.15, -0.1) is 10.2 Å². The molecule has 0 radical (unpaired) electrons. The molecule has 12 heteroatoms. The van der Waals surface area contributed by atoms with E-state index in [1.54, 1.807) is 10.9 Å². The number of rotatable bonds is 8. The molecule has 0 spiro atoms. The third-order valence-electron chi connectivity index (χ3n) is 7.33. The Morgan fingerprint density at radius 1 is 0.974 bits per heavy atom. The van der Waals surface area contributed by atoms with Crippen molar-refractivity contribution in [1.29, 1.82) is 0 Å². The molecule has 1 saturated carbocycles. The van der Waals surface area contributed by atoms with E-state index in [0.717, 1.165) is 0 Å². The van der Waals surface area contributed by atoms with Gasteiger partial charge in [0, 0.05) is 18.9 Å². The van der Waals surface area contributed by atoms with Crippen molar-refractivity contribution in [1.82, 2.24) is 39.7 Å². The molecule has 200 valence electrons. The number of hydrogen-bond donors (Lipinski definition) is 3. The van der Waals surface area contributed by atoms with Crippen LogP contribution < -0.4 is 5.32 Å². The van der Waals surface area contributed by atoms with Crippen LogP contribution in [0.4, 0.5) is 5.82 Å². The molecule has 2 aromatic carbocycles. The number of benzene rings is 2. The molecule has 0 aliphatic heterocycles. The maximum absolute atomic E-state index is 11.0. The van der Waals surface area contributed by atoms with Crippen LogP contribution in [0, 0.1) is 0 Å². The lowest BCUT2D eigenvalue weighted by atomic mass is 9.91. The molecule has 3 heterocycles. The van der Waals surface area contributed by atoms with E-state index >= 15 is 0 Å². The average Bonchev–Trinajstić information content (AvgIpc) is 3.68.